The minimum absolute atomic E-state index is 0.112. The van der Waals surface area contributed by atoms with E-state index in [0.717, 1.165) is 44.6 Å². The molecule has 0 atom stereocenters. The Morgan fingerprint density at radius 3 is 2.77 bits per heavy atom. The molecule has 1 aliphatic heterocycles. The standard InChI is InChI=1S/C23H25FN4OS/c1-2-19-15-30-22(26-19)14-28-10-8-20(9-11-28)27-23(29)17-6-7-21(25-13-17)16-4-3-5-18(24)12-16/h3-7,12-13,15,20H,2,8-11,14H2,1H3,(H,27,29). The van der Waals surface area contributed by atoms with Gasteiger partial charge >= 0.3 is 0 Å². The average molecular weight is 425 g/mol. The van der Waals surface area contributed by atoms with Gasteiger partial charge in [-0.05, 0) is 43.5 Å². The second kappa shape index (κ2) is 9.45. The molecule has 0 spiro atoms. The lowest BCUT2D eigenvalue weighted by Crippen LogP contribution is -2.44. The average Bonchev–Trinajstić information content (AvgIpc) is 3.23. The van der Waals surface area contributed by atoms with Gasteiger partial charge in [0, 0.05) is 36.3 Å². The van der Waals surface area contributed by atoms with E-state index in [1.807, 2.05) is 0 Å². The highest BCUT2D eigenvalue weighted by molar-refractivity contribution is 7.09. The summed E-state index contributed by atoms with van der Waals surface area (Å²) >= 11 is 1.73. The van der Waals surface area contributed by atoms with E-state index < -0.39 is 0 Å². The molecule has 156 valence electrons. The molecule has 0 aliphatic carbocycles. The molecule has 7 heteroatoms. The number of thiazole rings is 1. The predicted octanol–water partition coefficient (Wildman–Crippen LogP) is 4.30. The van der Waals surface area contributed by atoms with Gasteiger partial charge in [0.25, 0.3) is 5.91 Å². The molecule has 0 saturated carbocycles. The third kappa shape index (κ3) is 5.09. The van der Waals surface area contributed by atoms with Crippen LogP contribution in [-0.4, -0.2) is 39.9 Å². The zero-order valence-corrected chi connectivity index (χ0v) is 17.8. The van der Waals surface area contributed by atoms with Gasteiger partial charge in [0.15, 0.2) is 0 Å². The van der Waals surface area contributed by atoms with Crippen molar-refractivity contribution in [3.8, 4) is 11.3 Å². The molecular formula is C23H25FN4OS. The number of halogens is 1. The van der Waals surface area contributed by atoms with E-state index in [0.29, 0.717) is 16.8 Å². The molecule has 4 rings (SSSR count). The summed E-state index contributed by atoms with van der Waals surface area (Å²) in [6.45, 7) is 4.90. The van der Waals surface area contributed by atoms with Crippen LogP contribution in [0, 0.1) is 5.82 Å². The number of hydrogen-bond acceptors (Lipinski definition) is 5. The van der Waals surface area contributed by atoms with Gasteiger partial charge in [-0.3, -0.25) is 14.7 Å². The topological polar surface area (TPSA) is 58.1 Å². The van der Waals surface area contributed by atoms with Crippen molar-refractivity contribution < 1.29 is 9.18 Å². The van der Waals surface area contributed by atoms with Gasteiger partial charge in [0.2, 0.25) is 0 Å². The highest BCUT2D eigenvalue weighted by Gasteiger charge is 2.22. The number of hydrogen-bond donors (Lipinski definition) is 1. The number of piperidine rings is 1. The summed E-state index contributed by atoms with van der Waals surface area (Å²) in [5, 5.41) is 6.42. The first-order valence-corrected chi connectivity index (χ1v) is 11.2. The highest BCUT2D eigenvalue weighted by Crippen LogP contribution is 2.19. The fraction of sp³-hybridized carbons (Fsp3) is 0.348. The first kappa shape index (κ1) is 20.6. The summed E-state index contributed by atoms with van der Waals surface area (Å²) in [6.07, 6.45) is 4.38. The Balaban J connectivity index is 1.28. The maximum atomic E-state index is 13.4. The van der Waals surface area contributed by atoms with Crippen LogP contribution in [0.5, 0.6) is 0 Å². The fourth-order valence-electron chi connectivity index (χ4n) is 3.63. The van der Waals surface area contributed by atoms with Crippen molar-refractivity contribution in [2.75, 3.05) is 13.1 Å². The SMILES string of the molecule is CCc1csc(CN2CCC(NC(=O)c3ccc(-c4cccc(F)c4)nc3)CC2)n1. The first-order valence-electron chi connectivity index (χ1n) is 10.3. The van der Waals surface area contributed by atoms with Gasteiger partial charge in [0.1, 0.15) is 10.8 Å². The van der Waals surface area contributed by atoms with E-state index in [4.69, 9.17) is 0 Å². The van der Waals surface area contributed by atoms with Crippen molar-refractivity contribution in [1.82, 2.24) is 20.2 Å². The van der Waals surface area contributed by atoms with E-state index in [9.17, 15) is 9.18 Å². The molecule has 1 saturated heterocycles. The second-order valence-electron chi connectivity index (χ2n) is 7.55. The summed E-state index contributed by atoms with van der Waals surface area (Å²) in [7, 11) is 0. The highest BCUT2D eigenvalue weighted by atomic mass is 32.1. The predicted molar refractivity (Wildman–Crippen MR) is 117 cm³/mol. The normalized spacial score (nSPS) is 15.3. The van der Waals surface area contributed by atoms with Gasteiger partial charge < -0.3 is 5.32 Å². The van der Waals surface area contributed by atoms with Crippen LogP contribution in [0.4, 0.5) is 4.39 Å². The number of carbonyl (C=O) groups excluding carboxylic acids is 1. The molecule has 1 amide bonds. The maximum Gasteiger partial charge on any atom is 0.253 e. The fourth-order valence-corrected chi connectivity index (χ4v) is 4.54. The largest absolute Gasteiger partial charge is 0.349 e. The zero-order valence-electron chi connectivity index (χ0n) is 17.0. The quantitative estimate of drug-likeness (QED) is 0.641. The molecule has 3 aromatic rings. The molecule has 5 nitrogen and oxygen atoms in total. The van der Waals surface area contributed by atoms with Crippen LogP contribution in [-0.2, 0) is 13.0 Å². The number of aryl methyl sites for hydroxylation is 1. The van der Waals surface area contributed by atoms with Gasteiger partial charge in [0.05, 0.1) is 23.5 Å². The number of nitrogens with zero attached hydrogens (tertiary/aromatic N) is 3. The van der Waals surface area contributed by atoms with E-state index in [1.165, 1.54) is 17.1 Å². The maximum absolute atomic E-state index is 13.4. The molecule has 0 bridgehead atoms. The Morgan fingerprint density at radius 2 is 2.10 bits per heavy atom. The number of amides is 1. The summed E-state index contributed by atoms with van der Waals surface area (Å²) in [4.78, 5) is 24.0. The molecule has 1 aromatic carbocycles. The van der Waals surface area contributed by atoms with Gasteiger partial charge in [-0.1, -0.05) is 19.1 Å². The minimum Gasteiger partial charge on any atom is -0.349 e. The van der Waals surface area contributed by atoms with E-state index in [1.54, 1.807) is 41.8 Å². The summed E-state index contributed by atoms with van der Waals surface area (Å²) < 4.78 is 13.4. The van der Waals surface area contributed by atoms with Crippen LogP contribution >= 0.6 is 11.3 Å². The summed E-state index contributed by atoms with van der Waals surface area (Å²) in [6, 6.07) is 9.94. The van der Waals surface area contributed by atoms with Crippen LogP contribution in [0.15, 0.2) is 48.0 Å². The van der Waals surface area contributed by atoms with Crippen molar-refractivity contribution in [2.45, 2.75) is 38.8 Å². The minimum atomic E-state index is -0.303. The Labute approximate surface area is 180 Å². The smallest absolute Gasteiger partial charge is 0.253 e. The number of carbonyl (C=O) groups is 1. The monoisotopic (exact) mass is 424 g/mol. The second-order valence-corrected chi connectivity index (χ2v) is 8.50. The molecule has 1 aliphatic rings. The number of benzene rings is 1. The van der Waals surface area contributed by atoms with Crippen molar-refractivity contribution in [3.63, 3.8) is 0 Å². The molecule has 0 radical (unpaired) electrons. The molecule has 0 unspecified atom stereocenters. The third-order valence-electron chi connectivity index (χ3n) is 5.39. The van der Waals surface area contributed by atoms with Crippen molar-refractivity contribution >= 4 is 17.2 Å². The summed E-state index contributed by atoms with van der Waals surface area (Å²) in [5.41, 5.74) is 3.02. The molecule has 1 fully saturated rings. The lowest BCUT2D eigenvalue weighted by atomic mass is 10.0. The van der Waals surface area contributed by atoms with E-state index in [-0.39, 0.29) is 17.8 Å². The van der Waals surface area contributed by atoms with Crippen molar-refractivity contribution in [1.29, 1.82) is 0 Å². The van der Waals surface area contributed by atoms with E-state index in [2.05, 4.69) is 32.5 Å². The van der Waals surface area contributed by atoms with Crippen molar-refractivity contribution in [2.24, 2.45) is 0 Å². The number of likely N-dealkylation sites (tertiary alicyclic amines) is 1. The number of nitrogens with one attached hydrogen (secondary N) is 1. The lowest BCUT2D eigenvalue weighted by molar-refractivity contribution is 0.0908. The molecular weight excluding hydrogens is 399 g/mol. The molecule has 1 N–H and O–H groups in total. The Bertz CT molecular complexity index is 996. The van der Waals surface area contributed by atoms with E-state index >= 15 is 0 Å². The van der Waals surface area contributed by atoms with Gasteiger partial charge in [-0.2, -0.15) is 0 Å². The van der Waals surface area contributed by atoms with Crippen LogP contribution in [0.1, 0.15) is 40.8 Å². The first-order chi connectivity index (χ1) is 14.6. The molecule has 3 heterocycles. The Hall–Kier alpha value is -2.64. The summed E-state index contributed by atoms with van der Waals surface area (Å²) in [5.74, 6) is -0.414. The van der Waals surface area contributed by atoms with Crippen LogP contribution in [0.3, 0.4) is 0 Å². The number of rotatable bonds is 6. The Kier molecular flexibility index (Phi) is 6.50. The lowest BCUT2D eigenvalue weighted by Gasteiger charge is -2.31. The van der Waals surface area contributed by atoms with Crippen LogP contribution in [0.2, 0.25) is 0 Å². The zero-order chi connectivity index (χ0) is 20.9. The third-order valence-corrected chi connectivity index (χ3v) is 6.27. The van der Waals surface area contributed by atoms with Crippen LogP contribution < -0.4 is 5.32 Å². The molecule has 2 aromatic heterocycles. The number of pyridine rings is 1. The Morgan fingerprint density at radius 1 is 1.27 bits per heavy atom. The molecule has 30 heavy (non-hydrogen) atoms. The van der Waals surface area contributed by atoms with Gasteiger partial charge in [-0.15, -0.1) is 11.3 Å². The van der Waals surface area contributed by atoms with Crippen molar-refractivity contribution in [3.05, 3.63) is 70.1 Å². The van der Waals surface area contributed by atoms with Crippen LogP contribution in [0.25, 0.3) is 11.3 Å². The number of aromatic nitrogens is 2. The van der Waals surface area contributed by atoms with Gasteiger partial charge in [-0.25, -0.2) is 9.37 Å².